The molecule has 0 spiro atoms. The van der Waals surface area contributed by atoms with Crippen molar-refractivity contribution in [1.29, 1.82) is 0 Å². The van der Waals surface area contributed by atoms with Gasteiger partial charge in [-0.1, -0.05) is 0 Å². The zero-order chi connectivity index (χ0) is 12.6. The predicted octanol–water partition coefficient (Wildman–Crippen LogP) is -0.0250. The van der Waals surface area contributed by atoms with Crippen LogP contribution in [0.1, 0.15) is 41.5 Å². The Kier molecular flexibility index (Phi) is 13.7. The molecule has 0 saturated heterocycles. The Morgan fingerprint density at radius 1 is 0.529 bits per heavy atom. The van der Waals surface area contributed by atoms with E-state index in [2.05, 4.69) is 55.6 Å². The van der Waals surface area contributed by atoms with Crippen molar-refractivity contribution in [1.82, 2.24) is 14.0 Å². The van der Waals surface area contributed by atoms with E-state index in [0.29, 0.717) is 0 Å². The summed E-state index contributed by atoms with van der Waals surface area (Å²) in [4.78, 5) is 0. The summed E-state index contributed by atoms with van der Waals surface area (Å²) in [5.41, 5.74) is 0. The third-order valence-corrected chi connectivity index (χ3v) is 6.73. The van der Waals surface area contributed by atoms with Gasteiger partial charge in [0.1, 0.15) is 0 Å². The Balaban J connectivity index is 0. The van der Waals surface area contributed by atoms with Crippen LogP contribution in [0, 0.1) is 0 Å². The van der Waals surface area contributed by atoms with Crippen LogP contribution in [-0.4, -0.2) is 53.3 Å². The molecule has 0 rings (SSSR count). The fourth-order valence-corrected chi connectivity index (χ4v) is 5.02. The summed E-state index contributed by atoms with van der Waals surface area (Å²) in [5, 5.41) is 0. The molecule has 0 aliphatic rings. The van der Waals surface area contributed by atoms with Crippen LogP contribution >= 0.6 is 8.37 Å². The molecular formula is C12H31ClN3P. The Bertz CT molecular complexity index is 131. The summed E-state index contributed by atoms with van der Waals surface area (Å²) in [5.74, 6) is 0. The van der Waals surface area contributed by atoms with Gasteiger partial charge in [-0.2, -0.15) is 14.0 Å². The standard InChI is InChI=1S/C12H30N3P.ClH/c1-7-13(8-2)16(14(9-3)10-4)15(11-5)12-6;/h7-12H2,1-6H3;1H. The van der Waals surface area contributed by atoms with Gasteiger partial charge in [0, 0.05) is 39.3 Å². The first-order chi connectivity index (χ1) is 7.69. The molecule has 106 valence electrons. The van der Waals surface area contributed by atoms with Gasteiger partial charge >= 0.3 is 0 Å². The molecule has 0 saturated carbocycles. The van der Waals surface area contributed by atoms with Gasteiger partial charge in [0.25, 0.3) is 0 Å². The first-order valence-corrected chi connectivity index (χ1v) is 8.15. The second kappa shape index (κ2) is 11.7. The van der Waals surface area contributed by atoms with Crippen molar-refractivity contribution in [3.8, 4) is 0 Å². The molecule has 0 unspecified atom stereocenters. The van der Waals surface area contributed by atoms with E-state index in [0.717, 1.165) is 39.3 Å². The van der Waals surface area contributed by atoms with Crippen molar-refractivity contribution < 1.29 is 12.4 Å². The monoisotopic (exact) mass is 283 g/mol. The van der Waals surface area contributed by atoms with Gasteiger partial charge in [0.15, 0.2) is 0 Å². The largest absolute Gasteiger partial charge is 1.00 e. The average molecular weight is 284 g/mol. The minimum absolute atomic E-state index is 0. The molecule has 0 N–H and O–H groups in total. The van der Waals surface area contributed by atoms with Crippen molar-refractivity contribution in [2.45, 2.75) is 41.5 Å². The minimum Gasteiger partial charge on any atom is -1.00 e. The van der Waals surface area contributed by atoms with Crippen molar-refractivity contribution in [3.63, 3.8) is 0 Å². The zero-order valence-electron chi connectivity index (χ0n) is 12.5. The fraction of sp³-hybridized carbons (Fsp3) is 1.00. The average Bonchev–Trinajstić information content (AvgIpc) is 2.33. The van der Waals surface area contributed by atoms with Gasteiger partial charge in [-0.15, -0.1) is 0 Å². The van der Waals surface area contributed by atoms with Gasteiger partial charge in [0.05, 0.1) is 0 Å². The fourth-order valence-electron chi connectivity index (χ4n) is 2.12. The summed E-state index contributed by atoms with van der Waals surface area (Å²) >= 11 is 0. The second-order valence-corrected chi connectivity index (χ2v) is 6.31. The van der Waals surface area contributed by atoms with Crippen LogP contribution < -0.4 is 12.4 Å². The van der Waals surface area contributed by atoms with Crippen LogP contribution in [0.2, 0.25) is 0 Å². The summed E-state index contributed by atoms with van der Waals surface area (Å²) in [7, 11) is -0.665. The zero-order valence-corrected chi connectivity index (χ0v) is 14.2. The normalized spacial score (nSPS) is 11.6. The van der Waals surface area contributed by atoms with Gasteiger partial charge in [-0.3, -0.25) is 0 Å². The van der Waals surface area contributed by atoms with Crippen molar-refractivity contribution in [2.75, 3.05) is 39.3 Å². The molecule has 0 aromatic carbocycles. The first kappa shape index (κ1) is 19.9. The van der Waals surface area contributed by atoms with Crippen molar-refractivity contribution in [3.05, 3.63) is 0 Å². The van der Waals surface area contributed by atoms with Crippen LogP contribution in [0.15, 0.2) is 0 Å². The second-order valence-electron chi connectivity index (χ2n) is 3.82. The maximum Gasteiger partial charge on any atom is 0.213 e. The number of rotatable bonds is 9. The van der Waals surface area contributed by atoms with Crippen LogP contribution in [0.4, 0.5) is 0 Å². The molecule has 3 nitrogen and oxygen atoms in total. The van der Waals surface area contributed by atoms with Crippen LogP contribution in [0.3, 0.4) is 0 Å². The van der Waals surface area contributed by atoms with E-state index in [-0.39, 0.29) is 12.4 Å². The van der Waals surface area contributed by atoms with E-state index < -0.39 is 8.37 Å². The highest BCUT2D eigenvalue weighted by molar-refractivity contribution is 7.50. The van der Waals surface area contributed by atoms with E-state index >= 15 is 0 Å². The first-order valence-electron chi connectivity index (χ1n) is 6.81. The predicted molar refractivity (Wildman–Crippen MR) is 77.1 cm³/mol. The molecule has 0 amide bonds. The molecule has 0 aromatic rings. The molecule has 0 radical (unpaired) electrons. The van der Waals surface area contributed by atoms with Crippen LogP contribution in [0.25, 0.3) is 0 Å². The highest BCUT2D eigenvalue weighted by atomic mass is 35.5. The van der Waals surface area contributed by atoms with E-state index in [1.54, 1.807) is 0 Å². The lowest BCUT2D eigenvalue weighted by molar-refractivity contribution is -0.00000409. The maximum absolute atomic E-state index is 2.64. The number of hydrogen-bond donors (Lipinski definition) is 0. The van der Waals surface area contributed by atoms with Crippen molar-refractivity contribution >= 4 is 8.37 Å². The maximum atomic E-state index is 2.64. The van der Waals surface area contributed by atoms with E-state index in [1.807, 2.05) is 0 Å². The molecule has 0 aliphatic carbocycles. The van der Waals surface area contributed by atoms with E-state index in [9.17, 15) is 0 Å². The van der Waals surface area contributed by atoms with E-state index in [4.69, 9.17) is 0 Å². The SMILES string of the molecule is CCN(CC)[PH+](N(CC)CC)N(CC)CC.[Cl-]. The van der Waals surface area contributed by atoms with Crippen molar-refractivity contribution in [2.24, 2.45) is 0 Å². The quantitative estimate of drug-likeness (QED) is 0.551. The molecule has 0 aliphatic heterocycles. The lowest BCUT2D eigenvalue weighted by Gasteiger charge is -2.35. The smallest absolute Gasteiger partial charge is 0.213 e. The molecular weight excluding hydrogens is 253 g/mol. The molecule has 17 heavy (non-hydrogen) atoms. The lowest BCUT2D eigenvalue weighted by Crippen LogP contribution is -3.00. The van der Waals surface area contributed by atoms with E-state index in [1.165, 1.54) is 0 Å². The lowest BCUT2D eigenvalue weighted by atomic mass is 10.7. The number of nitrogens with zero attached hydrogens (tertiary/aromatic N) is 3. The summed E-state index contributed by atoms with van der Waals surface area (Å²) in [6.45, 7) is 20.7. The van der Waals surface area contributed by atoms with Gasteiger partial charge < -0.3 is 12.4 Å². The van der Waals surface area contributed by atoms with Crippen LogP contribution in [0.5, 0.6) is 0 Å². The number of halogens is 1. The molecule has 0 bridgehead atoms. The van der Waals surface area contributed by atoms with Crippen LogP contribution in [-0.2, 0) is 0 Å². The third kappa shape index (κ3) is 5.85. The third-order valence-electron chi connectivity index (χ3n) is 3.14. The molecule has 5 heteroatoms. The summed E-state index contributed by atoms with van der Waals surface area (Å²) < 4.78 is 7.93. The molecule has 0 heterocycles. The molecule has 0 fully saturated rings. The highest BCUT2D eigenvalue weighted by Gasteiger charge is 2.34. The Hall–Kier alpha value is 0.600. The minimum atomic E-state index is -0.665. The topological polar surface area (TPSA) is 9.72 Å². The highest BCUT2D eigenvalue weighted by Crippen LogP contribution is 2.46. The summed E-state index contributed by atoms with van der Waals surface area (Å²) in [6, 6.07) is 0. The Labute approximate surface area is 116 Å². The number of hydrogen-bond acceptors (Lipinski definition) is 3. The Morgan fingerprint density at radius 2 is 0.706 bits per heavy atom. The van der Waals surface area contributed by atoms with Gasteiger partial charge in [-0.25, -0.2) is 0 Å². The summed E-state index contributed by atoms with van der Waals surface area (Å²) in [6.07, 6.45) is 0. The van der Waals surface area contributed by atoms with Gasteiger partial charge in [0.2, 0.25) is 8.37 Å². The molecule has 0 aromatic heterocycles. The molecule has 0 atom stereocenters. The van der Waals surface area contributed by atoms with Gasteiger partial charge in [-0.05, 0) is 41.5 Å². The Morgan fingerprint density at radius 3 is 0.824 bits per heavy atom.